The summed E-state index contributed by atoms with van der Waals surface area (Å²) in [5.41, 5.74) is -2.58. The molecule has 0 aliphatic heterocycles. The molecule has 40 heavy (non-hydrogen) atoms. The average molecular weight is 582 g/mol. The van der Waals surface area contributed by atoms with Crippen molar-refractivity contribution < 1.29 is 54.2 Å². The van der Waals surface area contributed by atoms with Crippen LogP contribution < -0.4 is 10.6 Å². The van der Waals surface area contributed by atoms with E-state index in [2.05, 4.69) is 20.6 Å². The number of carboxylic acid groups (broad SMARTS) is 1. The van der Waals surface area contributed by atoms with Gasteiger partial charge in [0.15, 0.2) is 0 Å². The maximum atomic E-state index is 13.6. The van der Waals surface area contributed by atoms with E-state index in [9.17, 15) is 44.3 Å². The molecule has 0 radical (unpaired) electrons. The normalized spacial score (nSPS) is 12.6. The summed E-state index contributed by atoms with van der Waals surface area (Å²) in [5, 5.41) is 12.5. The molecule has 0 saturated heterocycles. The van der Waals surface area contributed by atoms with E-state index in [4.69, 9.17) is 9.90 Å². The van der Waals surface area contributed by atoms with Gasteiger partial charge in [0, 0.05) is 18.9 Å². The lowest BCUT2D eigenvalue weighted by atomic mass is 9.97. The van der Waals surface area contributed by atoms with Crippen molar-refractivity contribution in [2.45, 2.75) is 31.5 Å². The first-order chi connectivity index (χ1) is 18.4. The molecule has 1 aromatic carbocycles. The molecule has 1 unspecified atom stereocenters. The predicted octanol–water partition coefficient (Wildman–Crippen LogP) is 6.10. The number of hydrogen-bond donors (Lipinski definition) is 3. The summed E-state index contributed by atoms with van der Waals surface area (Å²) in [6.07, 6.45) is -12.2. The number of rotatable bonds is 6. The predicted molar refractivity (Wildman–Crippen MR) is 122 cm³/mol. The summed E-state index contributed by atoms with van der Waals surface area (Å²) in [5.74, 6) is -3.03. The van der Waals surface area contributed by atoms with E-state index in [0.29, 0.717) is 12.4 Å². The number of benzene rings is 1. The van der Waals surface area contributed by atoms with Crippen LogP contribution in [0.25, 0.3) is 0 Å². The van der Waals surface area contributed by atoms with E-state index in [1.54, 1.807) is 0 Å². The molecular formula is C24H19F9N4O3. The van der Waals surface area contributed by atoms with Gasteiger partial charge in [0.1, 0.15) is 5.82 Å². The number of nitrogens with zero attached hydrogens (tertiary/aromatic N) is 2. The Labute approximate surface area is 220 Å². The van der Waals surface area contributed by atoms with E-state index >= 15 is 0 Å². The van der Waals surface area contributed by atoms with Gasteiger partial charge in [-0.2, -0.15) is 39.5 Å². The summed E-state index contributed by atoms with van der Waals surface area (Å²) in [6.45, 7) is 2.44. The molecule has 0 saturated carbocycles. The van der Waals surface area contributed by atoms with Gasteiger partial charge in [0.05, 0.1) is 28.4 Å². The number of aromatic nitrogens is 2. The average Bonchev–Trinajstić information content (AvgIpc) is 2.87. The maximum Gasteiger partial charge on any atom is 0.490 e. The zero-order chi connectivity index (χ0) is 30.3. The molecule has 1 atom stereocenters. The second-order valence-electron chi connectivity index (χ2n) is 7.73. The maximum absolute atomic E-state index is 13.6. The van der Waals surface area contributed by atoms with Crippen LogP contribution in [0, 0.1) is 0 Å². The smallest absolute Gasteiger partial charge is 0.475 e. The van der Waals surface area contributed by atoms with Crippen LogP contribution in [-0.4, -0.2) is 39.7 Å². The number of carboxylic acids is 1. The summed E-state index contributed by atoms with van der Waals surface area (Å²) in [4.78, 5) is 29.5. The number of nitrogens with one attached hydrogen (secondary N) is 2. The number of alkyl halides is 9. The Balaban J connectivity index is 0.000000708. The second kappa shape index (κ2) is 12.7. The quantitative estimate of drug-likeness (QED) is 0.304. The summed E-state index contributed by atoms with van der Waals surface area (Å²) >= 11 is 0. The molecule has 1 amide bonds. The molecule has 7 nitrogen and oxygen atoms in total. The number of carbonyl (C=O) groups excluding carboxylic acids is 1. The topological polar surface area (TPSA) is 104 Å². The summed E-state index contributed by atoms with van der Waals surface area (Å²) in [6, 6.07) is 6.84. The highest BCUT2D eigenvalue weighted by atomic mass is 19.4. The molecule has 0 bridgehead atoms. The van der Waals surface area contributed by atoms with E-state index in [0.717, 1.165) is 42.6 Å². The minimum absolute atomic E-state index is 0.00206. The van der Waals surface area contributed by atoms with E-state index in [1.807, 2.05) is 6.92 Å². The number of amides is 1. The Morgan fingerprint density at radius 1 is 0.875 bits per heavy atom. The van der Waals surface area contributed by atoms with Gasteiger partial charge < -0.3 is 15.7 Å². The molecule has 2 heterocycles. The van der Waals surface area contributed by atoms with Gasteiger partial charge in [-0.3, -0.25) is 9.78 Å². The number of halogens is 9. The van der Waals surface area contributed by atoms with Gasteiger partial charge in [-0.05, 0) is 48.9 Å². The van der Waals surface area contributed by atoms with Crippen LogP contribution >= 0.6 is 0 Å². The van der Waals surface area contributed by atoms with Crippen LogP contribution in [0.15, 0.2) is 60.9 Å². The monoisotopic (exact) mass is 582 g/mol. The van der Waals surface area contributed by atoms with E-state index < -0.39 is 53.3 Å². The number of hydrogen-bond acceptors (Lipinski definition) is 5. The van der Waals surface area contributed by atoms with Gasteiger partial charge in [-0.1, -0.05) is 12.1 Å². The fourth-order valence-corrected chi connectivity index (χ4v) is 3.09. The lowest BCUT2D eigenvalue weighted by molar-refractivity contribution is -0.192. The van der Waals surface area contributed by atoms with Gasteiger partial charge in [0.25, 0.3) is 5.91 Å². The highest BCUT2D eigenvalue weighted by Crippen LogP contribution is 2.36. The Bertz CT molecular complexity index is 1290. The molecule has 3 aromatic rings. The van der Waals surface area contributed by atoms with Crippen molar-refractivity contribution in [3.8, 4) is 0 Å². The lowest BCUT2D eigenvalue weighted by Gasteiger charge is -2.23. The van der Waals surface area contributed by atoms with Crippen LogP contribution in [0.2, 0.25) is 0 Å². The van der Waals surface area contributed by atoms with Crippen LogP contribution in [0.5, 0.6) is 0 Å². The van der Waals surface area contributed by atoms with Crippen molar-refractivity contribution in [1.29, 1.82) is 0 Å². The SMILES string of the molecule is CCNc1ccc(C(=O)NC(c2ccc(C(F)(F)F)cc2)c2ncccc2C(F)(F)F)cn1.O=C(O)C(F)(F)F. The molecule has 0 aliphatic rings. The largest absolute Gasteiger partial charge is 0.490 e. The fourth-order valence-electron chi connectivity index (χ4n) is 3.09. The molecule has 0 spiro atoms. The first-order valence-corrected chi connectivity index (χ1v) is 10.9. The Morgan fingerprint density at radius 2 is 1.48 bits per heavy atom. The molecule has 0 aliphatic carbocycles. The highest BCUT2D eigenvalue weighted by Gasteiger charge is 2.39. The van der Waals surface area contributed by atoms with E-state index in [1.165, 1.54) is 18.3 Å². The zero-order valence-electron chi connectivity index (χ0n) is 20.1. The minimum atomic E-state index is -5.08. The van der Waals surface area contributed by atoms with Crippen LogP contribution in [-0.2, 0) is 17.1 Å². The van der Waals surface area contributed by atoms with Gasteiger partial charge >= 0.3 is 24.5 Å². The third kappa shape index (κ3) is 8.84. The van der Waals surface area contributed by atoms with Crippen molar-refractivity contribution >= 4 is 17.7 Å². The van der Waals surface area contributed by atoms with Crippen molar-refractivity contribution in [3.63, 3.8) is 0 Å². The second-order valence-corrected chi connectivity index (χ2v) is 7.73. The van der Waals surface area contributed by atoms with Gasteiger partial charge in [-0.15, -0.1) is 0 Å². The van der Waals surface area contributed by atoms with Crippen LogP contribution in [0.1, 0.15) is 45.7 Å². The molecule has 3 N–H and O–H groups in total. The Morgan fingerprint density at radius 3 is 1.93 bits per heavy atom. The van der Waals surface area contributed by atoms with Gasteiger partial charge in [0.2, 0.25) is 0 Å². The number of aliphatic carboxylic acids is 1. The van der Waals surface area contributed by atoms with Gasteiger partial charge in [-0.25, -0.2) is 9.78 Å². The Kier molecular flexibility index (Phi) is 10.1. The number of anilines is 1. The summed E-state index contributed by atoms with van der Waals surface area (Å²) < 4.78 is 111. The number of carbonyl (C=O) groups is 2. The fraction of sp³-hybridized carbons (Fsp3) is 0.250. The Hall–Kier alpha value is -4.37. The standard InChI is InChI=1S/C22H18F6N4O.C2HF3O2/c1-2-29-17-10-7-14(12-31-17)20(33)32-18(13-5-8-15(9-6-13)21(23,24)25)19-16(22(26,27)28)4-3-11-30-19;3-2(4,5)1(6)7/h3-12,18H,2H2,1H3,(H,29,31)(H,32,33);(H,6,7). The molecule has 2 aromatic heterocycles. The van der Waals surface area contributed by atoms with Crippen LogP contribution in [0.4, 0.5) is 45.3 Å². The lowest BCUT2D eigenvalue weighted by Crippen LogP contribution is -2.31. The zero-order valence-corrected chi connectivity index (χ0v) is 20.1. The summed E-state index contributed by atoms with van der Waals surface area (Å²) in [7, 11) is 0. The van der Waals surface area contributed by atoms with E-state index in [-0.39, 0.29) is 11.1 Å². The minimum Gasteiger partial charge on any atom is -0.475 e. The van der Waals surface area contributed by atoms with Crippen molar-refractivity contribution in [2.24, 2.45) is 0 Å². The van der Waals surface area contributed by atoms with Crippen molar-refractivity contribution in [2.75, 3.05) is 11.9 Å². The molecule has 216 valence electrons. The molecule has 3 rings (SSSR count). The molecule has 16 heteroatoms. The van der Waals surface area contributed by atoms with Crippen molar-refractivity contribution in [3.05, 3.63) is 88.9 Å². The molecule has 0 fully saturated rings. The highest BCUT2D eigenvalue weighted by molar-refractivity contribution is 5.94. The third-order valence-electron chi connectivity index (χ3n) is 4.89. The number of pyridine rings is 2. The first kappa shape index (κ1) is 31.8. The van der Waals surface area contributed by atoms with Crippen molar-refractivity contribution in [1.82, 2.24) is 15.3 Å². The first-order valence-electron chi connectivity index (χ1n) is 10.9. The molecular weight excluding hydrogens is 563 g/mol. The third-order valence-corrected chi connectivity index (χ3v) is 4.89. The van der Waals surface area contributed by atoms with Crippen LogP contribution in [0.3, 0.4) is 0 Å².